The van der Waals surface area contributed by atoms with Crippen molar-refractivity contribution in [1.82, 2.24) is 14.8 Å². The van der Waals surface area contributed by atoms with Crippen molar-refractivity contribution in [3.8, 4) is 11.8 Å². The summed E-state index contributed by atoms with van der Waals surface area (Å²) in [6.45, 7) is 8.65. The minimum atomic E-state index is -0.208. The predicted molar refractivity (Wildman–Crippen MR) is 119 cm³/mol. The van der Waals surface area contributed by atoms with Gasteiger partial charge >= 0.3 is 0 Å². The standard InChI is InChI=1S/C21H21N5O2S2/c1-4-8-26-18(12-28-17-6-5-14(2)15(3)10-17)24-25-21(26)30-13-19(27)23-20-16(11-22)7-9-29-20/h4-7,9-10H,1,8,12-13H2,2-3H3,(H,23,27). The number of thiophene rings is 1. The fraction of sp³-hybridized carbons (Fsp3) is 0.238. The molecule has 2 heterocycles. The van der Waals surface area contributed by atoms with Crippen molar-refractivity contribution in [3.63, 3.8) is 0 Å². The molecule has 0 unspecified atom stereocenters. The number of ether oxygens (including phenoxy) is 1. The molecule has 0 fully saturated rings. The number of benzene rings is 1. The van der Waals surface area contributed by atoms with Crippen molar-refractivity contribution in [3.05, 3.63) is 64.8 Å². The highest BCUT2D eigenvalue weighted by Gasteiger charge is 2.15. The molecular formula is C21H21N5O2S2. The van der Waals surface area contributed by atoms with Crippen molar-refractivity contribution < 1.29 is 9.53 Å². The summed E-state index contributed by atoms with van der Waals surface area (Å²) in [6, 6.07) is 9.67. The third-order valence-electron chi connectivity index (χ3n) is 4.32. The van der Waals surface area contributed by atoms with E-state index in [0.29, 0.717) is 28.1 Å². The van der Waals surface area contributed by atoms with Gasteiger partial charge in [0.05, 0.1) is 11.3 Å². The number of allylic oxidation sites excluding steroid dienone is 1. The number of hydrogen-bond donors (Lipinski definition) is 1. The van der Waals surface area contributed by atoms with Gasteiger partial charge in [0.15, 0.2) is 11.0 Å². The number of amides is 1. The number of carbonyl (C=O) groups excluding carboxylic acids is 1. The molecule has 0 spiro atoms. The number of nitriles is 1. The average molecular weight is 440 g/mol. The first-order valence-electron chi connectivity index (χ1n) is 9.15. The fourth-order valence-corrected chi connectivity index (χ4v) is 4.10. The van der Waals surface area contributed by atoms with E-state index in [1.807, 2.05) is 29.7 Å². The second-order valence-corrected chi connectivity index (χ2v) is 8.30. The van der Waals surface area contributed by atoms with Crippen molar-refractivity contribution in [2.45, 2.75) is 32.2 Å². The number of hydrogen-bond acceptors (Lipinski definition) is 7. The Kier molecular flexibility index (Phi) is 7.27. The molecule has 0 aliphatic rings. The van der Waals surface area contributed by atoms with E-state index in [2.05, 4.69) is 35.1 Å². The lowest BCUT2D eigenvalue weighted by atomic mass is 10.1. The van der Waals surface area contributed by atoms with Gasteiger partial charge < -0.3 is 10.1 Å². The zero-order valence-corrected chi connectivity index (χ0v) is 18.3. The van der Waals surface area contributed by atoms with Crippen molar-refractivity contribution in [2.24, 2.45) is 0 Å². The molecule has 2 aromatic heterocycles. The van der Waals surface area contributed by atoms with Gasteiger partial charge in [-0.15, -0.1) is 28.1 Å². The van der Waals surface area contributed by atoms with Gasteiger partial charge in [0.2, 0.25) is 5.91 Å². The molecule has 1 aromatic carbocycles. The van der Waals surface area contributed by atoms with Gasteiger partial charge in [0.25, 0.3) is 0 Å². The molecule has 0 aliphatic heterocycles. The largest absolute Gasteiger partial charge is 0.486 e. The van der Waals surface area contributed by atoms with E-state index in [0.717, 1.165) is 11.3 Å². The molecule has 0 aliphatic carbocycles. The maximum atomic E-state index is 12.3. The molecule has 1 N–H and O–H groups in total. The van der Waals surface area contributed by atoms with Gasteiger partial charge in [0.1, 0.15) is 23.4 Å². The van der Waals surface area contributed by atoms with Crippen LogP contribution in [0.5, 0.6) is 5.75 Å². The quantitative estimate of drug-likeness (QED) is 0.394. The summed E-state index contributed by atoms with van der Waals surface area (Å²) in [6.07, 6.45) is 1.75. The van der Waals surface area contributed by atoms with Crippen LogP contribution in [0.15, 0.2) is 47.5 Å². The van der Waals surface area contributed by atoms with Gasteiger partial charge in [-0.2, -0.15) is 5.26 Å². The summed E-state index contributed by atoms with van der Waals surface area (Å²) in [4.78, 5) is 12.3. The second kappa shape index (κ2) is 10.1. The molecule has 9 heteroatoms. The Labute approximate surface area is 183 Å². The van der Waals surface area contributed by atoms with Crippen LogP contribution in [0.1, 0.15) is 22.5 Å². The number of aromatic nitrogens is 3. The normalized spacial score (nSPS) is 10.4. The van der Waals surface area contributed by atoms with Crippen LogP contribution in [0.3, 0.4) is 0 Å². The number of carbonyl (C=O) groups is 1. The highest BCUT2D eigenvalue weighted by molar-refractivity contribution is 7.99. The second-order valence-electron chi connectivity index (χ2n) is 6.44. The lowest BCUT2D eigenvalue weighted by molar-refractivity contribution is -0.113. The van der Waals surface area contributed by atoms with Crippen LogP contribution in [-0.2, 0) is 17.9 Å². The van der Waals surface area contributed by atoms with Crippen LogP contribution in [0.25, 0.3) is 0 Å². The fourth-order valence-electron chi connectivity index (χ4n) is 2.58. The third-order valence-corrected chi connectivity index (χ3v) is 6.12. The average Bonchev–Trinajstić information content (AvgIpc) is 3.34. The zero-order valence-electron chi connectivity index (χ0n) is 16.7. The molecule has 0 atom stereocenters. The summed E-state index contributed by atoms with van der Waals surface area (Å²) in [7, 11) is 0. The molecule has 3 aromatic rings. The van der Waals surface area contributed by atoms with Crippen LogP contribution in [-0.4, -0.2) is 26.4 Å². The van der Waals surface area contributed by atoms with E-state index < -0.39 is 0 Å². The molecular weight excluding hydrogens is 418 g/mol. The molecule has 7 nitrogen and oxygen atoms in total. The van der Waals surface area contributed by atoms with Crippen molar-refractivity contribution in [1.29, 1.82) is 5.26 Å². The van der Waals surface area contributed by atoms with Gasteiger partial charge in [-0.1, -0.05) is 23.9 Å². The Hall–Kier alpha value is -3.09. The van der Waals surface area contributed by atoms with Crippen LogP contribution in [0, 0.1) is 25.2 Å². The summed E-state index contributed by atoms with van der Waals surface area (Å²) in [5.74, 6) is 1.36. The number of nitrogens with zero attached hydrogens (tertiary/aromatic N) is 4. The highest BCUT2D eigenvalue weighted by Crippen LogP contribution is 2.24. The highest BCUT2D eigenvalue weighted by atomic mass is 32.2. The van der Waals surface area contributed by atoms with E-state index in [-0.39, 0.29) is 18.3 Å². The van der Waals surface area contributed by atoms with E-state index >= 15 is 0 Å². The van der Waals surface area contributed by atoms with Gasteiger partial charge in [-0.3, -0.25) is 9.36 Å². The minimum Gasteiger partial charge on any atom is -0.486 e. The minimum absolute atomic E-state index is 0.149. The Bertz CT molecular complexity index is 1100. The third kappa shape index (κ3) is 5.28. The Morgan fingerprint density at radius 3 is 2.93 bits per heavy atom. The summed E-state index contributed by atoms with van der Waals surface area (Å²) in [5, 5.41) is 23.2. The van der Waals surface area contributed by atoms with E-state index in [9.17, 15) is 4.79 Å². The van der Waals surface area contributed by atoms with Crippen molar-refractivity contribution >= 4 is 34.0 Å². The summed E-state index contributed by atoms with van der Waals surface area (Å²) < 4.78 is 7.75. The molecule has 0 radical (unpaired) electrons. The zero-order chi connectivity index (χ0) is 21.5. The van der Waals surface area contributed by atoms with Gasteiger partial charge in [0, 0.05) is 6.54 Å². The molecule has 0 bridgehead atoms. The first kappa shape index (κ1) is 21.6. The van der Waals surface area contributed by atoms with Crippen LogP contribution >= 0.6 is 23.1 Å². The van der Waals surface area contributed by atoms with Crippen molar-refractivity contribution in [2.75, 3.05) is 11.1 Å². The Morgan fingerprint density at radius 2 is 2.20 bits per heavy atom. The number of aryl methyl sites for hydroxylation is 2. The SMILES string of the molecule is C=CCn1c(COc2ccc(C)c(C)c2)nnc1SCC(=O)Nc1sccc1C#N. The first-order valence-corrected chi connectivity index (χ1v) is 11.0. The smallest absolute Gasteiger partial charge is 0.235 e. The Morgan fingerprint density at radius 1 is 1.37 bits per heavy atom. The first-order chi connectivity index (χ1) is 14.5. The van der Waals surface area contributed by atoms with Crippen LogP contribution in [0.2, 0.25) is 0 Å². The molecule has 1 amide bonds. The topological polar surface area (TPSA) is 92.8 Å². The Balaban J connectivity index is 1.63. The maximum Gasteiger partial charge on any atom is 0.235 e. The number of anilines is 1. The number of thioether (sulfide) groups is 1. The molecule has 3 rings (SSSR count). The van der Waals surface area contributed by atoms with E-state index in [4.69, 9.17) is 10.00 Å². The van der Waals surface area contributed by atoms with E-state index in [1.54, 1.807) is 17.5 Å². The predicted octanol–water partition coefficient (Wildman–Crippen LogP) is 4.32. The van der Waals surface area contributed by atoms with Crippen LogP contribution < -0.4 is 10.1 Å². The maximum absolute atomic E-state index is 12.3. The number of rotatable bonds is 9. The molecule has 30 heavy (non-hydrogen) atoms. The van der Waals surface area contributed by atoms with Gasteiger partial charge in [-0.05, 0) is 48.6 Å². The summed E-state index contributed by atoms with van der Waals surface area (Å²) >= 11 is 2.59. The van der Waals surface area contributed by atoms with Crippen LogP contribution in [0.4, 0.5) is 5.00 Å². The molecule has 0 saturated carbocycles. The van der Waals surface area contributed by atoms with E-state index in [1.165, 1.54) is 28.7 Å². The van der Waals surface area contributed by atoms with Gasteiger partial charge in [-0.25, -0.2) is 0 Å². The lowest BCUT2D eigenvalue weighted by Gasteiger charge is -2.10. The lowest BCUT2D eigenvalue weighted by Crippen LogP contribution is -2.14. The molecule has 154 valence electrons. The monoisotopic (exact) mass is 439 g/mol. The summed E-state index contributed by atoms with van der Waals surface area (Å²) in [5.41, 5.74) is 2.82. The number of nitrogens with one attached hydrogen (secondary N) is 1. The molecule has 0 saturated heterocycles.